The van der Waals surface area contributed by atoms with Gasteiger partial charge in [-0.25, -0.2) is 0 Å². The van der Waals surface area contributed by atoms with Crippen LogP contribution in [0, 0.1) is 0 Å². The molecule has 0 spiro atoms. The third-order valence-corrected chi connectivity index (χ3v) is 2.77. The molecule has 2 rings (SSSR count). The minimum absolute atomic E-state index is 0.207. The zero-order valence-electron chi connectivity index (χ0n) is 11.6. The molecule has 0 radical (unpaired) electrons. The van der Waals surface area contributed by atoms with Crippen molar-refractivity contribution in [2.24, 2.45) is 5.73 Å². The first-order chi connectivity index (χ1) is 8.54. The molecule has 0 heterocycles. The van der Waals surface area contributed by atoms with Crippen LogP contribution < -0.4 is 5.73 Å². The largest absolute Gasteiger partial charge is 0.322 e. The molecule has 2 N–H and O–H groups in total. The lowest BCUT2D eigenvalue weighted by molar-refractivity contribution is 0.554. The molecule has 0 aromatic heterocycles. The fourth-order valence-corrected chi connectivity index (χ4v) is 1.58. The average molecular weight is 241 g/mol. The Kier molecular flexibility index (Phi) is 5.60. The second kappa shape index (κ2) is 6.97. The minimum Gasteiger partial charge on any atom is -0.322 e. The van der Waals surface area contributed by atoms with Crippen molar-refractivity contribution < 1.29 is 0 Å². The summed E-state index contributed by atoms with van der Waals surface area (Å²) in [5.41, 5.74) is 8.24. The van der Waals surface area contributed by atoms with E-state index in [2.05, 4.69) is 31.2 Å². The van der Waals surface area contributed by atoms with Crippen molar-refractivity contribution in [3.05, 3.63) is 71.8 Å². The van der Waals surface area contributed by atoms with E-state index in [1.165, 1.54) is 11.1 Å². The zero-order chi connectivity index (χ0) is 13.4. The molecule has 0 aliphatic heterocycles. The normalized spacial score (nSPS) is 10.4. The second-order valence-corrected chi connectivity index (χ2v) is 4.93. The molecule has 0 unspecified atom stereocenters. The van der Waals surface area contributed by atoms with E-state index in [4.69, 9.17) is 5.73 Å². The van der Waals surface area contributed by atoms with Gasteiger partial charge in [0.05, 0.1) is 0 Å². The van der Waals surface area contributed by atoms with Crippen molar-refractivity contribution in [1.82, 2.24) is 0 Å². The Morgan fingerprint density at radius 2 is 1.28 bits per heavy atom. The van der Waals surface area contributed by atoms with E-state index >= 15 is 0 Å². The van der Waals surface area contributed by atoms with Crippen molar-refractivity contribution in [3.8, 4) is 0 Å². The van der Waals surface area contributed by atoms with E-state index < -0.39 is 0 Å². The summed E-state index contributed by atoms with van der Waals surface area (Å²) in [5, 5.41) is 0. The summed E-state index contributed by atoms with van der Waals surface area (Å²) in [6.45, 7) is 6.17. The van der Waals surface area contributed by atoms with Gasteiger partial charge in [0.25, 0.3) is 0 Å². The van der Waals surface area contributed by atoms with Crippen LogP contribution in [0.3, 0.4) is 0 Å². The molecule has 0 fully saturated rings. The summed E-state index contributed by atoms with van der Waals surface area (Å²) in [6, 6.07) is 20.5. The molecule has 0 aliphatic carbocycles. The zero-order valence-corrected chi connectivity index (χ0v) is 11.6. The smallest absolute Gasteiger partial charge is 0.0352 e. The summed E-state index contributed by atoms with van der Waals surface area (Å²) in [6.07, 6.45) is 1.14. The predicted molar refractivity (Wildman–Crippen MR) is 79.5 cm³/mol. The van der Waals surface area contributed by atoms with Crippen LogP contribution >= 0.6 is 0 Å². The maximum absolute atomic E-state index is 5.86. The maximum Gasteiger partial charge on any atom is 0.0352 e. The van der Waals surface area contributed by atoms with Gasteiger partial charge in [0, 0.05) is 5.54 Å². The standard InChI is InChI=1S/C9H13N.C8H10/c1-9(2,10)8-6-4-3-5-7-8;1-2-8-6-4-3-5-7-8/h3-7H,10H2,1-2H3;3-7H,2H2,1H3. The van der Waals surface area contributed by atoms with Crippen molar-refractivity contribution in [1.29, 1.82) is 0 Å². The molecule has 1 nitrogen and oxygen atoms in total. The molecule has 2 aromatic carbocycles. The lowest BCUT2D eigenvalue weighted by Gasteiger charge is -2.18. The molecule has 0 bridgehead atoms. The molecule has 0 saturated carbocycles. The van der Waals surface area contributed by atoms with Gasteiger partial charge in [-0.05, 0) is 31.4 Å². The SMILES string of the molecule is CC(C)(N)c1ccccc1.CCc1ccccc1. The number of hydrogen-bond donors (Lipinski definition) is 1. The third kappa shape index (κ3) is 5.15. The second-order valence-electron chi connectivity index (χ2n) is 4.93. The highest BCUT2D eigenvalue weighted by Gasteiger charge is 2.11. The summed E-state index contributed by atoms with van der Waals surface area (Å²) in [4.78, 5) is 0. The summed E-state index contributed by atoms with van der Waals surface area (Å²) < 4.78 is 0. The first-order valence-electron chi connectivity index (χ1n) is 6.42. The van der Waals surface area contributed by atoms with Crippen LogP contribution in [0.15, 0.2) is 60.7 Å². The number of aryl methyl sites for hydroxylation is 1. The first kappa shape index (κ1) is 14.5. The fourth-order valence-electron chi connectivity index (χ4n) is 1.58. The molecule has 2 aromatic rings. The van der Waals surface area contributed by atoms with E-state index in [1.54, 1.807) is 0 Å². The van der Waals surface area contributed by atoms with Gasteiger partial charge in [0.2, 0.25) is 0 Å². The van der Waals surface area contributed by atoms with Gasteiger partial charge in [0.15, 0.2) is 0 Å². The van der Waals surface area contributed by atoms with Gasteiger partial charge in [0.1, 0.15) is 0 Å². The Morgan fingerprint density at radius 1 is 0.833 bits per heavy atom. The monoisotopic (exact) mass is 241 g/mol. The van der Waals surface area contributed by atoms with Crippen LogP contribution in [0.25, 0.3) is 0 Å². The molecule has 0 aliphatic rings. The van der Waals surface area contributed by atoms with E-state index in [0.717, 1.165) is 6.42 Å². The van der Waals surface area contributed by atoms with Gasteiger partial charge in [-0.15, -0.1) is 0 Å². The Balaban J connectivity index is 0.000000184. The molecular weight excluding hydrogens is 218 g/mol. The lowest BCUT2D eigenvalue weighted by Crippen LogP contribution is -2.28. The van der Waals surface area contributed by atoms with Crippen LogP contribution in [-0.4, -0.2) is 0 Å². The number of hydrogen-bond acceptors (Lipinski definition) is 1. The molecule has 1 heteroatoms. The maximum atomic E-state index is 5.86. The van der Waals surface area contributed by atoms with Crippen LogP contribution in [0.4, 0.5) is 0 Å². The van der Waals surface area contributed by atoms with Crippen LogP contribution in [0.1, 0.15) is 31.9 Å². The average Bonchev–Trinajstić information content (AvgIpc) is 2.40. The van der Waals surface area contributed by atoms with Gasteiger partial charge in [-0.1, -0.05) is 67.6 Å². The molecule has 0 atom stereocenters. The van der Waals surface area contributed by atoms with E-state index in [1.807, 2.05) is 50.2 Å². The Morgan fingerprint density at radius 3 is 1.56 bits per heavy atom. The van der Waals surface area contributed by atoms with Gasteiger partial charge >= 0.3 is 0 Å². The Bertz CT molecular complexity index is 426. The Hall–Kier alpha value is -1.60. The highest BCUT2D eigenvalue weighted by molar-refractivity contribution is 5.21. The van der Waals surface area contributed by atoms with Crippen LogP contribution in [-0.2, 0) is 12.0 Å². The molecular formula is C17H23N. The predicted octanol–water partition coefficient (Wildman–Crippen LogP) is 4.13. The topological polar surface area (TPSA) is 26.0 Å². The van der Waals surface area contributed by atoms with E-state index in [9.17, 15) is 0 Å². The Labute approximate surface area is 111 Å². The van der Waals surface area contributed by atoms with Crippen LogP contribution in [0.5, 0.6) is 0 Å². The number of benzene rings is 2. The highest BCUT2D eigenvalue weighted by Crippen LogP contribution is 2.14. The lowest BCUT2D eigenvalue weighted by atomic mass is 9.96. The van der Waals surface area contributed by atoms with Crippen molar-refractivity contribution >= 4 is 0 Å². The van der Waals surface area contributed by atoms with Gasteiger partial charge < -0.3 is 5.73 Å². The van der Waals surface area contributed by atoms with E-state index in [-0.39, 0.29) is 5.54 Å². The van der Waals surface area contributed by atoms with E-state index in [0.29, 0.717) is 0 Å². The van der Waals surface area contributed by atoms with Crippen molar-refractivity contribution in [3.63, 3.8) is 0 Å². The minimum atomic E-state index is -0.207. The van der Waals surface area contributed by atoms with Crippen molar-refractivity contribution in [2.45, 2.75) is 32.7 Å². The molecule has 0 saturated heterocycles. The number of nitrogens with two attached hydrogens (primary N) is 1. The van der Waals surface area contributed by atoms with Gasteiger partial charge in [-0.3, -0.25) is 0 Å². The summed E-state index contributed by atoms with van der Waals surface area (Å²) in [5.74, 6) is 0. The number of rotatable bonds is 2. The quantitative estimate of drug-likeness (QED) is 0.840. The van der Waals surface area contributed by atoms with Crippen molar-refractivity contribution in [2.75, 3.05) is 0 Å². The molecule has 18 heavy (non-hydrogen) atoms. The molecule has 0 amide bonds. The van der Waals surface area contributed by atoms with Gasteiger partial charge in [-0.2, -0.15) is 0 Å². The fraction of sp³-hybridized carbons (Fsp3) is 0.294. The summed E-state index contributed by atoms with van der Waals surface area (Å²) >= 11 is 0. The van der Waals surface area contributed by atoms with Crippen LogP contribution in [0.2, 0.25) is 0 Å². The third-order valence-electron chi connectivity index (χ3n) is 2.77. The molecule has 96 valence electrons. The summed E-state index contributed by atoms with van der Waals surface area (Å²) in [7, 11) is 0. The highest BCUT2D eigenvalue weighted by atomic mass is 14.7. The first-order valence-corrected chi connectivity index (χ1v) is 6.42.